The van der Waals surface area contributed by atoms with E-state index in [9.17, 15) is 9.59 Å². The molecule has 0 spiro atoms. The van der Waals surface area contributed by atoms with Gasteiger partial charge in [-0.2, -0.15) is 0 Å². The van der Waals surface area contributed by atoms with Crippen LogP contribution in [0.25, 0.3) is 10.9 Å². The number of morpholine rings is 1. The molecular weight excluding hydrogens is 364 g/mol. The quantitative estimate of drug-likeness (QED) is 0.580. The van der Waals surface area contributed by atoms with Gasteiger partial charge in [0, 0.05) is 18.5 Å². The summed E-state index contributed by atoms with van der Waals surface area (Å²) in [5, 5.41) is 1.87. The number of aryl methyl sites for hydroxylation is 1. The van der Waals surface area contributed by atoms with Gasteiger partial charge in [-0.05, 0) is 38.5 Å². The zero-order valence-corrected chi connectivity index (χ0v) is 16.6. The van der Waals surface area contributed by atoms with Crippen molar-refractivity contribution >= 4 is 34.5 Å². The van der Waals surface area contributed by atoms with Crippen LogP contribution >= 0.6 is 11.8 Å². The van der Waals surface area contributed by atoms with Gasteiger partial charge in [-0.25, -0.2) is 4.98 Å². The minimum Gasteiger partial charge on any atom is -0.455 e. The van der Waals surface area contributed by atoms with Gasteiger partial charge < -0.3 is 14.4 Å². The molecule has 0 bridgehead atoms. The number of fused-ring (bicyclic) bond motifs is 1. The van der Waals surface area contributed by atoms with Gasteiger partial charge in [0.15, 0.2) is 6.61 Å². The molecule has 3 rings (SSSR count). The minimum atomic E-state index is -0.421. The van der Waals surface area contributed by atoms with Crippen LogP contribution in [0.5, 0.6) is 0 Å². The van der Waals surface area contributed by atoms with Crippen molar-refractivity contribution in [3.8, 4) is 0 Å². The fourth-order valence-electron chi connectivity index (χ4n) is 3.18. The van der Waals surface area contributed by atoms with E-state index in [2.05, 4.69) is 4.98 Å². The Morgan fingerprint density at radius 3 is 2.70 bits per heavy atom. The van der Waals surface area contributed by atoms with Crippen molar-refractivity contribution in [1.29, 1.82) is 0 Å². The first-order valence-corrected chi connectivity index (χ1v) is 9.99. The summed E-state index contributed by atoms with van der Waals surface area (Å²) in [5.74, 6) is -0.487. The highest BCUT2D eigenvalue weighted by Crippen LogP contribution is 2.23. The molecule has 1 aliphatic heterocycles. The van der Waals surface area contributed by atoms with Crippen molar-refractivity contribution in [2.75, 3.05) is 25.4 Å². The third kappa shape index (κ3) is 5.20. The van der Waals surface area contributed by atoms with Gasteiger partial charge in [-0.15, -0.1) is 0 Å². The van der Waals surface area contributed by atoms with Crippen molar-refractivity contribution < 1.29 is 19.1 Å². The second kappa shape index (κ2) is 8.71. The van der Waals surface area contributed by atoms with Crippen LogP contribution in [0.15, 0.2) is 35.4 Å². The number of ether oxygens (including phenoxy) is 2. The molecule has 1 saturated heterocycles. The average molecular weight is 388 g/mol. The summed E-state index contributed by atoms with van der Waals surface area (Å²) in [4.78, 5) is 30.5. The number of pyridine rings is 1. The fourth-order valence-corrected chi connectivity index (χ4v) is 3.95. The molecule has 144 valence electrons. The molecule has 1 fully saturated rings. The van der Waals surface area contributed by atoms with Crippen molar-refractivity contribution in [2.45, 2.75) is 38.0 Å². The Morgan fingerprint density at radius 1 is 1.26 bits per heavy atom. The van der Waals surface area contributed by atoms with E-state index in [0.29, 0.717) is 13.1 Å². The number of para-hydroxylation sites is 1. The summed E-state index contributed by atoms with van der Waals surface area (Å²) in [5.41, 5.74) is 2.02. The van der Waals surface area contributed by atoms with Crippen molar-refractivity contribution in [1.82, 2.24) is 9.88 Å². The summed E-state index contributed by atoms with van der Waals surface area (Å²) >= 11 is 1.32. The molecule has 7 heteroatoms. The molecule has 2 atom stereocenters. The van der Waals surface area contributed by atoms with Gasteiger partial charge in [0.1, 0.15) is 0 Å². The molecule has 1 aromatic carbocycles. The van der Waals surface area contributed by atoms with Crippen LogP contribution in [-0.4, -0.2) is 59.4 Å². The molecule has 1 aromatic heterocycles. The molecule has 2 aromatic rings. The zero-order chi connectivity index (χ0) is 19.4. The van der Waals surface area contributed by atoms with E-state index in [1.54, 1.807) is 4.90 Å². The zero-order valence-electron chi connectivity index (χ0n) is 15.8. The molecule has 1 amide bonds. The lowest BCUT2D eigenvalue weighted by atomic mass is 10.1. The smallest absolute Gasteiger partial charge is 0.316 e. The number of amides is 1. The Bertz CT molecular complexity index is 832. The van der Waals surface area contributed by atoms with Gasteiger partial charge in [0.25, 0.3) is 5.91 Å². The summed E-state index contributed by atoms with van der Waals surface area (Å²) in [6.07, 6.45) is -0.0163. The van der Waals surface area contributed by atoms with Crippen molar-refractivity contribution in [2.24, 2.45) is 0 Å². The minimum absolute atomic E-state index is 0.00817. The largest absolute Gasteiger partial charge is 0.455 e. The number of thioether (sulfide) groups is 1. The Labute approximate surface area is 163 Å². The maximum absolute atomic E-state index is 12.2. The first-order valence-electron chi connectivity index (χ1n) is 9.00. The van der Waals surface area contributed by atoms with Gasteiger partial charge in [-0.3, -0.25) is 9.59 Å². The molecule has 0 unspecified atom stereocenters. The van der Waals surface area contributed by atoms with Crippen LogP contribution in [-0.2, 0) is 19.1 Å². The second-order valence-electron chi connectivity index (χ2n) is 6.80. The predicted molar refractivity (Wildman–Crippen MR) is 105 cm³/mol. The predicted octanol–water partition coefficient (Wildman–Crippen LogP) is 2.81. The number of benzene rings is 1. The molecular formula is C20H24N2O4S. The fraction of sp³-hybridized carbons (Fsp3) is 0.450. The average Bonchev–Trinajstić information content (AvgIpc) is 2.63. The topological polar surface area (TPSA) is 68.7 Å². The van der Waals surface area contributed by atoms with E-state index in [4.69, 9.17) is 9.47 Å². The molecule has 1 aliphatic rings. The van der Waals surface area contributed by atoms with E-state index in [1.165, 1.54) is 11.8 Å². The van der Waals surface area contributed by atoms with Crippen LogP contribution in [0.3, 0.4) is 0 Å². The monoisotopic (exact) mass is 388 g/mol. The Hall–Kier alpha value is -2.12. The number of esters is 1. The van der Waals surface area contributed by atoms with Crippen LogP contribution < -0.4 is 0 Å². The second-order valence-corrected chi connectivity index (χ2v) is 7.80. The third-order valence-corrected chi connectivity index (χ3v) is 5.25. The molecule has 6 nitrogen and oxygen atoms in total. The maximum atomic E-state index is 12.2. The number of aromatic nitrogens is 1. The van der Waals surface area contributed by atoms with Crippen molar-refractivity contribution in [3.63, 3.8) is 0 Å². The number of hydrogen-bond acceptors (Lipinski definition) is 6. The Morgan fingerprint density at radius 2 is 1.96 bits per heavy atom. The Balaban J connectivity index is 1.49. The molecule has 0 aliphatic carbocycles. The standard InChI is InChI=1S/C20H24N2O4S/c1-13-8-18(21-17-7-5-4-6-16(13)17)27-12-20(24)25-11-19(23)22-9-14(2)26-15(3)10-22/h4-8,14-15H,9-12H2,1-3H3/t14-,15-/m1/s1. The first-order chi connectivity index (χ1) is 12.9. The number of carbonyl (C=O) groups is 2. The molecule has 2 heterocycles. The highest BCUT2D eigenvalue weighted by molar-refractivity contribution is 7.99. The SMILES string of the molecule is Cc1cc(SCC(=O)OCC(=O)N2C[C@@H](C)O[C@H](C)C2)nc2ccccc12. The van der Waals surface area contributed by atoms with Crippen LogP contribution in [0.4, 0.5) is 0 Å². The normalized spacial score (nSPS) is 19.9. The molecule has 27 heavy (non-hydrogen) atoms. The van der Waals surface area contributed by atoms with Gasteiger partial charge in [0.05, 0.1) is 28.5 Å². The van der Waals surface area contributed by atoms with E-state index in [-0.39, 0.29) is 30.5 Å². The lowest BCUT2D eigenvalue weighted by Crippen LogP contribution is -2.49. The number of carbonyl (C=O) groups excluding carboxylic acids is 2. The van der Waals surface area contributed by atoms with Gasteiger partial charge in [-0.1, -0.05) is 30.0 Å². The van der Waals surface area contributed by atoms with E-state index >= 15 is 0 Å². The summed E-state index contributed by atoms with van der Waals surface area (Å²) in [6, 6.07) is 9.86. The molecule has 0 N–H and O–H groups in total. The maximum Gasteiger partial charge on any atom is 0.316 e. The van der Waals surface area contributed by atoms with Crippen molar-refractivity contribution in [3.05, 3.63) is 35.9 Å². The lowest BCUT2D eigenvalue weighted by molar-refractivity contribution is -0.155. The van der Waals surface area contributed by atoms with Gasteiger partial charge >= 0.3 is 5.97 Å². The van der Waals surface area contributed by atoms with E-state index in [0.717, 1.165) is 21.5 Å². The highest BCUT2D eigenvalue weighted by atomic mass is 32.2. The van der Waals surface area contributed by atoms with Crippen LogP contribution in [0.2, 0.25) is 0 Å². The van der Waals surface area contributed by atoms with Crippen LogP contribution in [0.1, 0.15) is 19.4 Å². The highest BCUT2D eigenvalue weighted by Gasteiger charge is 2.26. The first kappa shape index (κ1) is 19.6. The number of nitrogens with zero attached hydrogens (tertiary/aromatic N) is 2. The third-order valence-electron chi connectivity index (χ3n) is 4.37. The summed E-state index contributed by atoms with van der Waals surface area (Å²) < 4.78 is 10.8. The number of rotatable bonds is 5. The number of hydrogen-bond donors (Lipinski definition) is 0. The molecule has 0 saturated carbocycles. The summed E-state index contributed by atoms with van der Waals surface area (Å²) in [7, 11) is 0. The van der Waals surface area contributed by atoms with Gasteiger partial charge in [0.2, 0.25) is 0 Å². The summed E-state index contributed by atoms with van der Waals surface area (Å²) in [6.45, 7) is 6.69. The van der Waals surface area contributed by atoms with E-state index < -0.39 is 5.97 Å². The Kier molecular flexibility index (Phi) is 6.34. The van der Waals surface area contributed by atoms with E-state index in [1.807, 2.05) is 51.1 Å². The lowest BCUT2D eigenvalue weighted by Gasteiger charge is -2.35. The molecule has 0 radical (unpaired) electrons. The van der Waals surface area contributed by atoms with Crippen LogP contribution in [0, 0.1) is 6.92 Å².